The molecule has 1 amide bonds. The fourth-order valence-corrected chi connectivity index (χ4v) is 2.48. The van der Waals surface area contributed by atoms with Gasteiger partial charge in [-0.25, -0.2) is 0 Å². The van der Waals surface area contributed by atoms with Crippen LogP contribution in [0.3, 0.4) is 0 Å². The van der Waals surface area contributed by atoms with Gasteiger partial charge in [-0.15, -0.1) is 12.4 Å². The third-order valence-corrected chi connectivity index (χ3v) is 3.59. The maximum atomic E-state index is 12.7. The van der Waals surface area contributed by atoms with Gasteiger partial charge in [-0.3, -0.25) is 4.79 Å². The molecule has 0 saturated carbocycles. The van der Waals surface area contributed by atoms with Crippen LogP contribution in [0.25, 0.3) is 0 Å². The first-order valence-corrected chi connectivity index (χ1v) is 6.93. The molecule has 1 aliphatic heterocycles. The van der Waals surface area contributed by atoms with Gasteiger partial charge in [0, 0.05) is 37.8 Å². The van der Waals surface area contributed by atoms with Crippen molar-refractivity contribution in [2.45, 2.75) is 13.0 Å². The lowest BCUT2D eigenvalue weighted by Gasteiger charge is -2.32. The standard InChI is InChI=1S/C15H22N2O4.ClH/c1-10-9-17(6-5-16-10)15(18)11-7-13(20-3)14(21-4)8-12(11)19-2;/h7-8,10,16H,5-6,9H2,1-4H3;1H/t10-;/m1./s1. The van der Waals surface area contributed by atoms with Gasteiger partial charge < -0.3 is 24.4 Å². The predicted octanol–water partition coefficient (Wildman–Crippen LogP) is 1.57. The van der Waals surface area contributed by atoms with Gasteiger partial charge in [0.25, 0.3) is 5.91 Å². The lowest BCUT2D eigenvalue weighted by molar-refractivity contribution is 0.0705. The molecule has 0 spiro atoms. The summed E-state index contributed by atoms with van der Waals surface area (Å²) in [7, 11) is 4.64. The van der Waals surface area contributed by atoms with Crippen LogP contribution < -0.4 is 19.5 Å². The molecule has 0 bridgehead atoms. The number of methoxy groups -OCH3 is 3. The highest BCUT2D eigenvalue weighted by Gasteiger charge is 2.25. The maximum Gasteiger partial charge on any atom is 0.257 e. The fraction of sp³-hybridized carbons (Fsp3) is 0.533. The minimum Gasteiger partial charge on any atom is -0.496 e. The minimum absolute atomic E-state index is 0. The zero-order chi connectivity index (χ0) is 15.4. The number of ether oxygens (including phenoxy) is 3. The molecule has 0 aliphatic carbocycles. The van der Waals surface area contributed by atoms with Crippen molar-refractivity contribution in [2.24, 2.45) is 0 Å². The van der Waals surface area contributed by atoms with Gasteiger partial charge in [0.05, 0.1) is 26.9 Å². The zero-order valence-corrected chi connectivity index (χ0v) is 14.2. The Kier molecular flexibility index (Phi) is 6.77. The summed E-state index contributed by atoms with van der Waals surface area (Å²) in [5.74, 6) is 1.49. The molecular weight excluding hydrogens is 308 g/mol. The van der Waals surface area contributed by atoms with Gasteiger partial charge in [-0.2, -0.15) is 0 Å². The van der Waals surface area contributed by atoms with E-state index in [1.165, 1.54) is 0 Å². The molecule has 1 atom stereocenters. The van der Waals surface area contributed by atoms with Crippen LogP contribution in [0.2, 0.25) is 0 Å². The number of hydrogen-bond acceptors (Lipinski definition) is 5. The number of piperazine rings is 1. The quantitative estimate of drug-likeness (QED) is 0.908. The van der Waals surface area contributed by atoms with Crippen molar-refractivity contribution in [2.75, 3.05) is 41.0 Å². The number of carbonyl (C=O) groups is 1. The molecule has 1 aliphatic rings. The summed E-state index contributed by atoms with van der Waals surface area (Å²) in [6.07, 6.45) is 0. The van der Waals surface area contributed by atoms with Crippen LogP contribution >= 0.6 is 12.4 Å². The maximum absolute atomic E-state index is 12.7. The molecule has 6 nitrogen and oxygen atoms in total. The molecule has 2 rings (SSSR count). The van der Waals surface area contributed by atoms with Crippen molar-refractivity contribution in [3.8, 4) is 17.2 Å². The molecular formula is C15H23ClN2O4. The number of benzene rings is 1. The van der Waals surface area contributed by atoms with Gasteiger partial charge in [0.2, 0.25) is 0 Å². The van der Waals surface area contributed by atoms with Gasteiger partial charge in [0.1, 0.15) is 5.75 Å². The van der Waals surface area contributed by atoms with Gasteiger partial charge in [-0.1, -0.05) is 0 Å². The van der Waals surface area contributed by atoms with E-state index in [2.05, 4.69) is 12.2 Å². The Morgan fingerprint density at radius 2 is 1.73 bits per heavy atom. The summed E-state index contributed by atoms with van der Waals surface area (Å²) in [5, 5.41) is 3.32. The highest BCUT2D eigenvalue weighted by molar-refractivity contribution is 5.98. The van der Waals surface area contributed by atoms with Crippen molar-refractivity contribution < 1.29 is 19.0 Å². The third-order valence-electron chi connectivity index (χ3n) is 3.59. The number of nitrogens with zero attached hydrogens (tertiary/aromatic N) is 1. The van der Waals surface area contributed by atoms with Crippen molar-refractivity contribution in [1.29, 1.82) is 0 Å². The summed E-state index contributed by atoms with van der Waals surface area (Å²) in [6.45, 7) is 4.21. The molecule has 0 aromatic heterocycles. The van der Waals surface area contributed by atoms with E-state index in [0.717, 1.165) is 6.54 Å². The summed E-state index contributed by atoms with van der Waals surface area (Å²) >= 11 is 0. The molecule has 1 aromatic rings. The highest BCUT2D eigenvalue weighted by atomic mass is 35.5. The van der Waals surface area contributed by atoms with Crippen molar-refractivity contribution in [1.82, 2.24) is 10.2 Å². The summed E-state index contributed by atoms with van der Waals surface area (Å²) in [4.78, 5) is 14.5. The molecule has 1 aromatic carbocycles. The smallest absolute Gasteiger partial charge is 0.257 e. The van der Waals surface area contributed by atoms with Crippen LogP contribution in [-0.2, 0) is 0 Å². The number of amides is 1. The van der Waals surface area contributed by atoms with E-state index in [9.17, 15) is 4.79 Å². The minimum atomic E-state index is -0.0545. The lowest BCUT2D eigenvalue weighted by atomic mass is 10.1. The molecule has 1 heterocycles. The topological polar surface area (TPSA) is 60.0 Å². The van der Waals surface area contributed by atoms with E-state index in [0.29, 0.717) is 35.9 Å². The van der Waals surface area contributed by atoms with E-state index < -0.39 is 0 Å². The zero-order valence-electron chi connectivity index (χ0n) is 13.3. The van der Waals surface area contributed by atoms with Gasteiger partial charge in [0.15, 0.2) is 11.5 Å². The number of carbonyl (C=O) groups excluding carboxylic acids is 1. The van der Waals surface area contributed by atoms with Crippen molar-refractivity contribution in [3.05, 3.63) is 17.7 Å². The normalized spacial score (nSPS) is 17.5. The monoisotopic (exact) mass is 330 g/mol. The third kappa shape index (κ3) is 3.75. The first-order valence-electron chi connectivity index (χ1n) is 6.93. The summed E-state index contributed by atoms with van der Waals surface area (Å²) < 4.78 is 15.8. The summed E-state index contributed by atoms with van der Waals surface area (Å²) in [6, 6.07) is 3.64. The average Bonchev–Trinajstić information content (AvgIpc) is 2.52. The average molecular weight is 331 g/mol. The van der Waals surface area contributed by atoms with Crippen LogP contribution in [0.4, 0.5) is 0 Å². The molecule has 1 fully saturated rings. The first kappa shape index (κ1) is 18.4. The van der Waals surface area contributed by atoms with Crippen LogP contribution in [0.5, 0.6) is 17.2 Å². The van der Waals surface area contributed by atoms with E-state index in [1.807, 2.05) is 4.90 Å². The van der Waals surface area contributed by atoms with E-state index in [1.54, 1.807) is 33.5 Å². The second kappa shape index (κ2) is 8.10. The van der Waals surface area contributed by atoms with Crippen LogP contribution in [0, 0.1) is 0 Å². The van der Waals surface area contributed by atoms with Crippen molar-refractivity contribution >= 4 is 18.3 Å². The SMILES string of the molecule is COc1cc(OC)c(C(=O)N2CCN[C@H](C)C2)cc1OC.Cl. The predicted molar refractivity (Wildman–Crippen MR) is 86.7 cm³/mol. The molecule has 7 heteroatoms. The van der Waals surface area contributed by atoms with Crippen molar-refractivity contribution in [3.63, 3.8) is 0 Å². The Morgan fingerprint density at radius 3 is 2.27 bits per heavy atom. The molecule has 1 N–H and O–H groups in total. The molecule has 0 radical (unpaired) electrons. The molecule has 0 unspecified atom stereocenters. The second-order valence-corrected chi connectivity index (χ2v) is 5.01. The second-order valence-electron chi connectivity index (χ2n) is 5.01. The van der Waals surface area contributed by atoms with Gasteiger partial charge >= 0.3 is 0 Å². The Balaban J connectivity index is 0.00000242. The Morgan fingerprint density at radius 1 is 1.14 bits per heavy atom. The Labute approximate surface area is 137 Å². The fourth-order valence-electron chi connectivity index (χ4n) is 2.48. The van der Waals surface area contributed by atoms with E-state index in [-0.39, 0.29) is 24.4 Å². The molecule has 124 valence electrons. The molecule has 22 heavy (non-hydrogen) atoms. The molecule has 1 saturated heterocycles. The van der Waals surface area contributed by atoms with E-state index in [4.69, 9.17) is 14.2 Å². The van der Waals surface area contributed by atoms with Gasteiger partial charge in [-0.05, 0) is 6.92 Å². The first-order chi connectivity index (χ1) is 10.1. The Hall–Kier alpha value is -1.66. The number of hydrogen-bond donors (Lipinski definition) is 1. The highest BCUT2D eigenvalue weighted by Crippen LogP contribution is 2.35. The number of halogens is 1. The van der Waals surface area contributed by atoms with Crippen LogP contribution in [0.15, 0.2) is 12.1 Å². The van der Waals surface area contributed by atoms with Crippen LogP contribution in [-0.4, -0.2) is 57.8 Å². The number of rotatable bonds is 4. The van der Waals surface area contributed by atoms with E-state index >= 15 is 0 Å². The number of nitrogens with one attached hydrogen (secondary N) is 1. The van der Waals surface area contributed by atoms with Crippen LogP contribution in [0.1, 0.15) is 17.3 Å². The lowest BCUT2D eigenvalue weighted by Crippen LogP contribution is -2.51. The Bertz CT molecular complexity index is 525. The largest absolute Gasteiger partial charge is 0.496 e. The summed E-state index contributed by atoms with van der Waals surface area (Å²) in [5.41, 5.74) is 0.490.